The van der Waals surface area contributed by atoms with Crippen LogP contribution in [0.2, 0.25) is 0 Å². The maximum Gasteiger partial charge on any atom is 0.118 e. The highest BCUT2D eigenvalue weighted by Gasteiger charge is 2.12. The van der Waals surface area contributed by atoms with Gasteiger partial charge in [0, 0.05) is 18.2 Å². The van der Waals surface area contributed by atoms with Crippen LogP contribution in [-0.2, 0) is 19.6 Å². The highest BCUT2D eigenvalue weighted by atomic mass is 16.3. The molecule has 21 heavy (non-hydrogen) atoms. The molecule has 0 aliphatic rings. The zero-order valence-electron chi connectivity index (χ0n) is 13.5. The summed E-state index contributed by atoms with van der Waals surface area (Å²) in [5, 5.41) is 3.43. The predicted molar refractivity (Wildman–Crippen MR) is 83.9 cm³/mol. The zero-order valence-corrected chi connectivity index (χ0v) is 13.5. The molecule has 0 saturated heterocycles. The Kier molecular flexibility index (Phi) is 5.65. The second-order valence-electron chi connectivity index (χ2n) is 5.71. The van der Waals surface area contributed by atoms with Gasteiger partial charge in [-0.1, -0.05) is 20.8 Å². The van der Waals surface area contributed by atoms with Gasteiger partial charge in [0.2, 0.25) is 0 Å². The second-order valence-corrected chi connectivity index (χ2v) is 5.71. The Bertz CT molecular complexity index is 529. The van der Waals surface area contributed by atoms with Crippen molar-refractivity contribution < 1.29 is 8.83 Å². The average molecular weight is 290 g/mol. The molecule has 2 heterocycles. The smallest absolute Gasteiger partial charge is 0.118 e. The van der Waals surface area contributed by atoms with Gasteiger partial charge < -0.3 is 14.2 Å². The standard InChI is InChI=1S/C17H26N2O2/c1-5-19(11-16-7-6-8-20-16)12-17-9-15(14(4)21-17)10-18-13(2)3/h6-9,13,18H,5,10-12H2,1-4H3. The van der Waals surface area contributed by atoms with Gasteiger partial charge in [-0.25, -0.2) is 0 Å². The van der Waals surface area contributed by atoms with E-state index in [0.717, 1.165) is 43.5 Å². The fourth-order valence-electron chi connectivity index (χ4n) is 2.28. The Morgan fingerprint density at radius 1 is 1.24 bits per heavy atom. The highest BCUT2D eigenvalue weighted by molar-refractivity contribution is 5.20. The minimum Gasteiger partial charge on any atom is -0.468 e. The summed E-state index contributed by atoms with van der Waals surface area (Å²) in [6.45, 7) is 11.9. The number of furan rings is 2. The molecule has 0 bridgehead atoms. The number of rotatable bonds is 8. The molecule has 0 aliphatic carbocycles. The van der Waals surface area contributed by atoms with Gasteiger partial charge in [-0.3, -0.25) is 4.90 Å². The van der Waals surface area contributed by atoms with Crippen molar-refractivity contribution in [2.24, 2.45) is 0 Å². The summed E-state index contributed by atoms with van der Waals surface area (Å²) in [5.74, 6) is 3.01. The summed E-state index contributed by atoms with van der Waals surface area (Å²) in [6.07, 6.45) is 1.72. The van der Waals surface area contributed by atoms with E-state index in [0.29, 0.717) is 6.04 Å². The number of nitrogens with one attached hydrogen (secondary N) is 1. The molecule has 0 unspecified atom stereocenters. The summed E-state index contributed by atoms with van der Waals surface area (Å²) >= 11 is 0. The van der Waals surface area contributed by atoms with Gasteiger partial charge in [0.05, 0.1) is 19.4 Å². The van der Waals surface area contributed by atoms with E-state index in [-0.39, 0.29) is 0 Å². The zero-order chi connectivity index (χ0) is 15.2. The number of nitrogens with zero attached hydrogens (tertiary/aromatic N) is 1. The van der Waals surface area contributed by atoms with Gasteiger partial charge >= 0.3 is 0 Å². The summed E-state index contributed by atoms with van der Waals surface area (Å²) in [6, 6.07) is 6.58. The van der Waals surface area contributed by atoms with Crippen molar-refractivity contribution >= 4 is 0 Å². The predicted octanol–water partition coefficient (Wildman–Crippen LogP) is 3.70. The van der Waals surface area contributed by atoms with Crippen molar-refractivity contribution in [3.63, 3.8) is 0 Å². The van der Waals surface area contributed by atoms with E-state index >= 15 is 0 Å². The first kappa shape index (κ1) is 15.9. The fraction of sp³-hybridized carbons (Fsp3) is 0.529. The third kappa shape index (κ3) is 4.76. The SMILES string of the molecule is CCN(Cc1ccco1)Cc1cc(CNC(C)C)c(C)o1. The molecule has 1 N–H and O–H groups in total. The lowest BCUT2D eigenvalue weighted by Gasteiger charge is -2.17. The molecule has 0 aromatic carbocycles. The maximum atomic E-state index is 5.89. The quantitative estimate of drug-likeness (QED) is 0.805. The molecular weight excluding hydrogens is 264 g/mol. The van der Waals surface area contributed by atoms with Crippen LogP contribution in [0.4, 0.5) is 0 Å². The van der Waals surface area contributed by atoms with Gasteiger partial charge in [-0.15, -0.1) is 0 Å². The normalized spacial score (nSPS) is 11.7. The molecule has 0 amide bonds. The Morgan fingerprint density at radius 2 is 2.00 bits per heavy atom. The van der Waals surface area contributed by atoms with Crippen LogP contribution in [0.1, 0.15) is 43.6 Å². The topological polar surface area (TPSA) is 41.6 Å². The van der Waals surface area contributed by atoms with Crippen molar-refractivity contribution in [2.75, 3.05) is 6.54 Å². The Hall–Kier alpha value is -1.52. The van der Waals surface area contributed by atoms with Gasteiger partial charge in [-0.2, -0.15) is 0 Å². The van der Waals surface area contributed by atoms with E-state index < -0.39 is 0 Å². The van der Waals surface area contributed by atoms with E-state index in [1.165, 1.54) is 5.56 Å². The third-order valence-corrected chi connectivity index (χ3v) is 3.56. The molecule has 4 nitrogen and oxygen atoms in total. The summed E-state index contributed by atoms with van der Waals surface area (Å²) < 4.78 is 11.3. The van der Waals surface area contributed by atoms with Crippen LogP contribution < -0.4 is 5.32 Å². The van der Waals surface area contributed by atoms with Crippen molar-refractivity contribution in [2.45, 2.75) is 53.4 Å². The van der Waals surface area contributed by atoms with Gasteiger partial charge in [0.25, 0.3) is 0 Å². The van der Waals surface area contributed by atoms with Crippen molar-refractivity contribution in [1.29, 1.82) is 0 Å². The fourth-order valence-corrected chi connectivity index (χ4v) is 2.28. The molecule has 2 aromatic rings. The Labute approximate surface area is 127 Å². The first-order valence-corrected chi connectivity index (χ1v) is 7.64. The molecular formula is C17H26N2O2. The summed E-state index contributed by atoms with van der Waals surface area (Å²) in [7, 11) is 0. The Balaban J connectivity index is 1.96. The average Bonchev–Trinajstić information content (AvgIpc) is 3.05. The van der Waals surface area contributed by atoms with Gasteiger partial charge in [0.1, 0.15) is 17.3 Å². The first-order valence-electron chi connectivity index (χ1n) is 7.64. The van der Waals surface area contributed by atoms with Gasteiger partial charge in [-0.05, 0) is 31.7 Å². The summed E-state index contributed by atoms with van der Waals surface area (Å²) in [4.78, 5) is 2.30. The summed E-state index contributed by atoms with van der Waals surface area (Å²) in [5.41, 5.74) is 1.24. The lowest BCUT2D eigenvalue weighted by atomic mass is 10.2. The van der Waals surface area contributed by atoms with E-state index in [9.17, 15) is 0 Å². The number of aryl methyl sites for hydroxylation is 1. The minimum atomic E-state index is 0.480. The van der Waals surface area contributed by atoms with E-state index in [1.807, 2.05) is 19.1 Å². The van der Waals surface area contributed by atoms with Crippen LogP contribution in [0.5, 0.6) is 0 Å². The molecule has 116 valence electrons. The van der Waals surface area contributed by atoms with Crippen LogP contribution >= 0.6 is 0 Å². The van der Waals surface area contributed by atoms with Crippen LogP contribution in [0, 0.1) is 6.92 Å². The maximum absolute atomic E-state index is 5.89. The second kappa shape index (κ2) is 7.48. The van der Waals surface area contributed by atoms with Crippen molar-refractivity contribution in [3.05, 3.63) is 47.3 Å². The Morgan fingerprint density at radius 3 is 2.62 bits per heavy atom. The largest absolute Gasteiger partial charge is 0.468 e. The van der Waals surface area contributed by atoms with Crippen molar-refractivity contribution in [3.8, 4) is 0 Å². The van der Waals surface area contributed by atoms with E-state index in [1.54, 1.807) is 6.26 Å². The molecule has 0 radical (unpaired) electrons. The van der Waals surface area contributed by atoms with E-state index in [4.69, 9.17) is 8.83 Å². The first-order chi connectivity index (χ1) is 10.1. The molecule has 0 fully saturated rings. The third-order valence-electron chi connectivity index (χ3n) is 3.56. The molecule has 4 heteroatoms. The van der Waals surface area contributed by atoms with Crippen LogP contribution in [0.3, 0.4) is 0 Å². The number of hydrogen-bond donors (Lipinski definition) is 1. The van der Waals surface area contributed by atoms with Crippen LogP contribution in [-0.4, -0.2) is 17.5 Å². The molecule has 0 aliphatic heterocycles. The molecule has 0 atom stereocenters. The number of hydrogen-bond acceptors (Lipinski definition) is 4. The van der Waals surface area contributed by atoms with Crippen LogP contribution in [0.15, 0.2) is 33.3 Å². The lowest BCUT2D eigenvalue weighted by molar-refractivity contribution is 0.227. The molecule has 0 spiro atoms. The molecule has 2 rings (SSSR count). The lowest BCUT2D eigenvalue weighted by Crippen LogP contribution is -2.22. The van der Waals surface area contributed by atoms with Crippen LogP contribution in [0.25, 0.3) is 0 Å². The molecule has 2 aromatic heterocycles. The monoisotopic (exact) mass is 290 g/mol. The highest BCUT2D eigenvalue weighted by Crippen LogP contribution is 2.17. The minimum absolute atomic E-state index is 0.480. The molecule has 0 saturated carbocycles. The van der Waals surface area contributed by atoms with E-state index in [2.05, 4.69) is 37.1 Å². The van der Waals surface area contributed by atoms with Gasteiger partial charge in [0.15, 0.2) is 0 Å². The van der Waals surface area contributed by atoms with Crippen molar-refractivity contribution in [1.82, 2.24) is 10.2 Å².